The van der Waals surface area contributed by atoms with Crippen molar-refractivity contribution < 1.29 is 9.00 Å². The van der Waals surface area contributed by atoms with Gasteiger partial charge in [-0.1, -0.05) is 48.5 Å². The second-order valence-corrected chi connectivity index (χ2v) is 7.14. The van der Waals surface area contributed by atoms with Crippen LogP contribution in [0.25, 0.3) is 0 Å². The van der Waals surface area contributed by atoms with Crippen LogP contribution in [-0.2, 0) is 27.8 Å². The SMILES string of the molecule is Cc1ccccc1CCNC(=O)C[S@](=O)Cc1ccccc1C. The van der Waals surface area contributed by atoms with E-state index in [2.05, 4.69) is 24.4 Å². The van der Waals surface area contributed by atoms with Gasteiger partial charge in [0.15, 0.2) is 0 Å². The predicted molar refractivity (Wildman–Crippen MR) is 95.8 cm³/mol. The number of nitrogens with one attached hydrogen (secondary N) is 1. The van der Waals surface area contributed by atoms with Crippen molar-refractivity contribution in [2.24, 2.45) is 0 Å². The molecule has 0 bridgehead atoms. The molecule has 0 fully saturated rings. The third-order valence-corrected chi connectivity index (χ3v) is 5.06. The molecule has 4 heteroatoms. The van der Waals surface area contributed by atoms with Gasteiger partial charge in [0.1, 0.15) is 5.75 Å². The van der Waals surface area contributed by atoms with Gasteiger partial charge in [-0.25, -0.2) is 0 Å². The number of hydrogen-bond donors (Lipinski definition) is 1. The predicted octanol–water partition coefficient (Wildman–Crippen LogP) is 2.91. The summed E-state index contributed by atoms with van der Waals surface area (Å²) in [5.74, 6) is 0.338. The molecule has 23 heavy (non-hydrogen) atoms. The second kappa shape index (κ2) is 8.63. The van der Waals surface area contributed by atoms with Gasteiger partial charge < -0.3 is 5.32 Å². The van der Waals surface area contributed by atoms with E-state index in [-0.39, 0.29) is 11.7 Å². The molecular weight excluding hydrogens is 306 g/mol. The fraction of sp³-hybridized carbons (Fsp3) is 0.316. The van der Waals surface area contributed by atoms with E-state index in [0.29, 0.717) is 12.3 Å². The van der Waals surface area contributed by atoms with Crippen LogP contribution in [0.4, 0.5) is 0 Å². The van der Waals surface area contributed by atoms with E-state index in [1.165, 1.54) is 11.1 Å². The number of amides is 1. The molecule has 0 saturated carbocycles. The lowest BCUT2D eigenvalue weighted by atomic mass is 10.1. The average Bonchev–Trinajstić information content (AvgIpc) is 2.51. The molecule has 0 saturated heterocycles. The maximum Gasteiger partial charge on any atom is 0.232 e. The van der Waals surface area contributed by atoms with Crippen LogP contribution < -0.4 is 5.32 Å². The van der Waals surface area contributed by atoms with Gasteiger partial charge in [0.05, 0.1) is 0 Å². The van der Waals surface area contributed by atoms with Crippen molar-refractivity contribution >= 4 is 16.7 Å². The molecule has 2 aromatic carbocycles. The van der Waals surface area contributed by atoms with Crippen molar-refractivity contribution in [3.05, 3.63) is 70.8 Å². The zero-order valence-corrected chi connectivity index (χ0v) is 14.5. The quantitative estimate of drug-likeness (QED) is 0.849. The molecule has 1 amide bonds. The number of carbonyl (C=O) groups is 1. The Morgan fingerprint density at radius 2 is 1.52 bits per heavy atom. The summed E-state index contributed by atoms with van der Waals surface area (Å²) >= 11 is 0. The smallest absolute Gasteiger partial charge is 0.232 e. The number of aryl methyl sites for hydroxylation is 2. The lowest BCUT2D eigenvalue weighted by Gasteiger charge is -2.08. The molecule has 1 atom stereocenters. The van der Waals surface area contributed by atoms with Crippen LogP contribution in [0.5, 0.6) is 0 Å². The summed E-state index contributed by atoms with van der Waals surface area (Å²) in [6, 6.07) is 16.0. The Morgan fingerprint density at radius 1 is 0.957 bits per heavy atom. The molecule has 1 N–H and O–H groups in total. The van der Waals surface area contributed by atoms with Crippen molar-refractivity contribution in [3.8, 4) is 0 Å². The maximum absolute atomic E-state index is 12.1. The van der Waals surface area contributed by atoms with Gasteiger partial charge in [0.25, 0.3) is 0 Å². The Morgan fingerprint density at radius 3 is 2.13 bits per heavy atom. The molecule has 0 aliphatic carbocycles. The molecule has 0 radical (unpaired) electrons. The monoisotopic (exact) mass is 329 g/mol. The van der Waals surface area contributed by atoms with Crippen molar-refractivity contribution in [2.45, 2.75) is 26.0 Å². The van der Waals surface area contributed by atoms with Crippen LogP contribution in [0.3, 0.4) is 0 Å². The number of rotatable bonds is 7. The van der Waals surface area contributed by atoms with Crippen LogP contribution in [-0.4, -0.2) is 22.4 Å². The molecule has 0 aliphatic heterocycles. The fourth-order valence-electron chi connectivity index (χ4n) is 2.42. The molecule has 0 aromatic heterocycles. The number of hydrogen-bond acceptors (Lipinski definition) is 2. The van der Waals surface area contributed by atoms with Crippen LogP contribution in [0.15, 0.2) is 48.5 Å². The highest BCUT2D eigenvalue weighted by Crippen LogP contribution is 2.10. The summed E-state index contributed by atoms with van der Waals surface area (Å²) in [7, 11) is -1.18. The van der Waals surface area contributed by atoms with Gasteiger partial charge in [-0.2, -0.15) is 0 Å². The highest BCUT2D eigenvalue weighted by Gasteiger charge is 2.09. The summed E-state index contributed by atoms with van der Waals surface area (Å²) in [5, 5.41) is 2.86. The topological polar surface area (TPSA) is 46.2 Å². The van der Waals surface area contributed by atoms with Gasteiger partial charge in [-0.05, 0) is 42.5 Å². The Kier molecular flexibility index (Phi) is 6.53. The third kappa shape index (κ3) is 5.64. The first-order valence-corrected chi connectivity index (χ1v) is 9.26. The summed E-state index contributed by atoms with van der Waals surface area (Å²) < 4.78 is 12.1. The minimum atomic E-state index is -1.18. The van der Waals surface area contributed by atoms with Gasteiger partial charge in [0, 0.05) is 23.1 Å². The summed E-state index contributed by atoms with van der Waals surface area (Å²) in [5.41, 5.74) is 4.61. The molecule has 0 unspecified atom stereocenters. The zero-order valence-electron chi connectivity index (χ0n) is 13.7. The summed E-state index contributed by atoms with van der Waals surface area (Å²) in [4.78, 5) is 11.9. The molecule has 122 valence electrons. The minimum Gasteiger partial charge on any atom is -0.355 e. The first kappa shape index (κ1) is 17.4. The van der Waals surface area contributed by atoms with Gasteiger partial charge in [-0.15, -0.1) is 0 Å². The zero-order chi connectivity index (χ0) is 16.7. The van der Waals surface area contributed by atoms with E-state index in [9.17, 15) is 9.00 Å². The van der Waals surface area contributed by atoms with Crippen LogP contribution in [0.2, 0.25) is 0 Å². The Bertz CT molecular complexity index is 697. The van der Waals surface area contributed by atoms with E-state index in [1.807, 2.05) is 43.3 Å². The van der Waals surface area contributed by atoms with Gasteiger partial charge in [0.2, 0.25) is 5.91 Å². The van der Waals surface area contributed by atoms with E-state index in [4.69, 9.17) is 0 Å². The van der Waals surface area contributed by atoms with E-state index >= 15 is 0 Å². The molecular formula is C19H23NO2S. The second-order valence-electron chi connectivity index (χ2n) is 5.68. The van der Waals surface area contributed by atoms with Crippen LogP contribution in [0.1, 0.15) is 22.3 Å². The minimum absolute atomic E-state index is 0.0576. The lowest BCUT2D eigenvalue weighted by molar-refractivity contribution is -0.118. The standard InChI is InChI=1S/C19H23NO2S/c1-15-7-3-5-9-17(15)11-12-20-19(21)14-23(22)13-18-10-6-4-8-16(18)2/h3-10H,11-14H2,1-2H3,(H,20,21)/t23-/m1/s1. The van der Waals surface area contributed by atoms with Gasteiger partial charge >= 0.3 is 0 Å². The Labute approximate surface area is 140 Å². The van der Waals surface area contributed by atoms with Crippen molar-refractivity contribution in [1.29, 1.82) is 0 Å². The molecule has 2 rings (SSSR count). The first-order valence-electron chi connectivity index (χ1n) is 7.77. The average molecular weight is 329 g/mol. The lowest BCUT2D eigenvalue weighted by Crippen LogP contribution is -2.30. The highest BCUT2D eigenvalue weighted by molar-refractivity contribution is 7.84. The number of carbonyl (C=O) groups excluding carboxylic acids is 1. The van der Waals surface area contributed by atoms with Crippen LogP contribution >= 0.6 is 0 Å². The summed E-state index contributed by atoms with van der Waals surface area (Å²) in [6.07, 6.45) is 0.794. The Balaban J connectivity index is 1.75. The normalized spacial score (nSPS) is 11.9. The maximum atomic E-state index is 12.1. The van der Waals surface area contributed by atoms with E-state index in [1.54, 1.807) is 0 Å². The molecule has 2 aromatic rings. The van der Waals surface area contributed by atoms with Crippen molar-refractivity contribution in [2.75, 3.05) is 12.3 Å². The summed E-state index contributed by atoms with van der Waals surface area (Å²) in [6.45, 7) is 4.63. The van der Waals surface area contributed by atoms with E-state index < -0.39 is 10.8 Å². The largest absolute Gasteiger partial charge is 0.355 e. The van der Waals surface area contributed by atoms with Gasteiger partial charge in [-0.3, -0.25) is 9.00 Å². The third-order valence-electron chi connectivity index (χ3n) is 3.85. The molecule has 0 spiro atoms. The molecule has 3 nitrogen and oxygen atoms in total. The van der Waals surface area contributed by atoms with Crippen LogP contribution in [0, 0.1) is 13.8 Å². The molecule has 0 heterocycles. The number of benzene rings is 2. The first-order chi connectivity index (χ1) is 11.1. The Hall–Kier alpha value is -1.94. The fourth-order valence-corrected chi connectivity index (χ4v) is 3.59. The highest BCUT2D eigenvalue weighted by atomic mass is 32.2. The van der Waals surface area contributed by atoms with Crippen molar-refractivity contribution in [3.63, 3.8) is 0 Å². The van der Waals surface area contributed by atoms with E-state index in [0.717, 1.165) is 17.5 Å². The van der Waals surface area contributed by atoms with Crippen molar-refractivity contribution in [1.82, 2.24) is 5.32 Å². The molecule has 0 aliphatic rings.